The van der Waals surface area contributed by atoms with Gasteiger partial charge in [-0.25, -0.2) is 4.79 Å². The lowest BCUT2D eigenvalue weighted by molar-refractivity contribution is -0.00222. The summed E-state index contributed by atoms with van der Waals surface area (Å²) in [7, 11) is -1.71. The van der Waals surface area contributed by atoms with Gasteiger partial charge in [-0.2, -0.15) is 0 Å². The summed E-state index contributed by atoms with van der Waals surface area (Å²) in [6, 6.07) is 9.81. The zero-order chi connectivity index (χ0) is 16.7. The maximum atomic E-state index is 12.6. The van der Waals surface area contributed by atoms with Crippen LogP contribution < -0.4 is 0 Å². The molecule has 0 bridgehead atoms. The summed E-state index contributed by atoms with van der Waals surface area (Å²) in [6.45, 7) is 7.54. The minimum absolute atomic E-state index is 0.134. The lowest BCUT2D eigenvalue weighted by Gasteiger charge is -2.36. The number of carbonyl (C=O) groups is 1. The molecule has 1 aliphatic rings. The van der Waals surface area contributed by atoms with Gasteiger partial charge in [0.15, 0.2) is 8.32 Å². The number of hydrogen-bond acceptors (Lipinski definition) is 3. The van der Waals surface area contributed by atoms with E-state index in [1.807, 2.05) is 30.3 Å². The van der Waals surface area contributed by atoms with Gasteiger partial charge in [-0.15, -0.1) is 0 Å². The summed E-state index contributed by atoms with van der Waals surface area (Å²) in [5.74, 6) is 0. The molecule has 1 aliphatic heterocycles. The molecule has 1 fully saturated rings. The zero-order valence-corrected chi connectivity index (χ0v) is 15.6. The summed E-state index contributed by atoms with van der Waals surface area (Å²) in [4.78, 5) is 14.4. The minimum Gasteiger partial charge on any atom is -0.444 e. The van der Waals surface area contributed by atoms with E-state index in [-0.39, 0.29) is 12.3 Å². The topological polar surface area (TPSA) is 38.8 Å². The molecular formula is C18H29NO3Si. The molecule has 0 saturated carbocycles. The number of rotatable bonds is 4. The van der Waals surface area contributed by atoms with Gasteiger partial charge in [0.2, 0.25) is 0 Å². The van der Waals surface area contributed by atoms with Gasteiger partial charge in [-0.05, 0) is 44.5 Å². The van der Waals surface area contributed by atoms with Crippen molar-refractivity contribution in [2.75, 3.05) is 6.54 Å². The number of carbonyl (C=O) groups excluding carboxylic acids is 1. The van der Waals surface area contributed by atoms with Gasteiger partial charge in [0.05, 0.1) is 0 Å². The van der Waals surface area contributed by atoms with Gasteiger partial charge in [-0.1, -0.05) is 43.2 Å². The van der Waals surface area contributed by atoms with Crippen LogP contribution in [-0.2, 0) is 15.8 Å². The van der Waals surface area contributed by atoms with Gasteiger partial charge in [0.1, 0.15) is 12.8 Å². The van der Waals surface area contributed by atoms with E-state index in [9.17, 15) is 4.79 Å². The Morgan fingerprint density at radius 1 is 1.13 bits per heavy atom. The average molecular weight is 336 g/mol. The van der Waals surface area contributed by atoms with Crippen LogP contribution in [0.3, 0.4) is 0 Å². The van der Waals surface area contributed by atoms with Crippen molar-refractivity contribution in [3.63, 3.8) is 0 Å². The first-order valence-corrected chi connectivity index (χ1v) is 12.0. The predicted molar refractivity (Wildman–Crippen MR) is 94.6 cm³/mol. The molecule has 1 aromatic carbocycles. The SMILES string of the molecule is C[Si](C)(C)OC1CCCCCCN1C(=O)OCc1ccccc1. The van der Waals surface area contributed by atoms with Crippen molar-refractivity contribution in [1.82, 2.24) is 4.90 Å². The maximum absolute atomic E-state index is 12.6. The van der Waals surface area contributed by atoms with Crippen molar-refractivity contribution in [2.24, 2.45) is 0 Å². The van der Waals surface area contributed by atoms with E-state index in [0.717, 1.165) is 31.4 Å². The fourth-order valence-corrected chi connectivity index (χ4v) is 3.86. The Kier molecular flexibility index (Phi) is 6.66. The predicted octanol–water partition coefficient (Wildman–Crippen LogP) is 4.77. The third-order valence-electron chi connectivity index (χ3n) is 3.88. The molecule has 0 radical (unpaired) electrons. The van der Waals surface area contributed by atoms with Crippen LogP contribution in [0.25, 0.3) is 0 Å². The summed E-state index contributed by atoms with van der Waals surface area (Å²) >= 11 is 0. The lowest BCUT2D eigenvalue weighted by atomic mass is 10.1. The Bertz CT molecular complexity index is 487. The molecule has 23 heavy (non-hydrogen) atoms. The fourth-order valence-electron chi connectivity index (χ4n) is 2.80. The van der Waals surface area contributed by atoms with Crippen LogP contribution in [0.15, 0.2) is 30.3 Å². The van der Waals surface area contributed by atoms with E-state index in [1.165, 1.54) is 12.8 Å². The van der Waals surface area contributed by atoms with Crippen LogP contribution in [0, 0.1) is 0 Å². The first kappa shape index (κ1) is 18.0. The molecule has 0 N–H and O–H groups in total. The number of likely N-dealkylation sites (tertiary alicyclic amines) is 1. The van der Waals surface area contributed by atoms with E-state index >= 15 is 0 Å². The highest BCUT2D eigenvalue weighted by molar-refractivity contribution is 6.69. The summed E-state index contributed by atoms with van der Waals surface area (Å²) in [5, 5.41) is 0. The van der Waals surface area contributed by atoms with Crippen molar-refractivity contribution >= 4 is 14.4 Å². The lowest BCUT2D eigenvalue weighted by Crippen LogP contribution is -2.47. The smallest absolute Gasteiger partial charge is 0.412 e. The Morgan fingerprint density at radius 3 is 2.52 bits per heavy atom. The summed E-state index contributed by atoms with van der Waals surface area (Å²) < 4.78 is 11.8. The number of amides is 1. The highest BCUT2D eigenvalue weighted by Gasteiger charge is 2.30. The van der Waals surface area contributed by atoms with Crippen LogP contribution in [0.4, 0.5) is 4.79 Å². The number of nitrogens with zero attached hydrogens (tertiary/aromatic N) is 1. The molecule has 0 aromatic heterocycles. The number of benzene rings is 1. The van der Waals surface area contributed by atoms with E-state index < -0.39 is 8.32 Å². The molecule has 1 saturated heterocycles. The molecule has 1 unspecified atom stereocenters. The van der Waals surface area contributed by atoms with Gasteiger partial charge in [0.25, 0.3) is 0 Å². The molecule has 1 atom stereocenters. The standard InChI is InChI=1S/C18H29NO3Si/c1-23(2,3)22-17-13-9-4-5-10-14-19(17)18(20)21-15-16-11-7-6-8-12-16/h6-8,11-12,17H,4-5,9-10,13-15H2,1-3H3. The summed E-state index contributed by atoms with van der Waals surface area (Å²) in [6.07, 6.45) is 5.04. The monoisotopic (exact) mass is 335 g/mol. The van der Waals surface area contributed by atoms with Gasteiger partial charge >= 0.3 is 6.09 Å². The van der Waals surface area contributed by atoms with E-state index in [1.54, 1.807) is 4.90 Å². The Balaban J connectivity index is 1.99. The van der Waals surface area contributed by atoms with E-state index in [4.69, 9.17) is 9.16 Å². The van der Waals surface area contributed by atoms with E-state index in [2.05, 4.69) is 19.6 Å². The normalized spacial score (nSPS) is 19.8. The zero-order valence-electron chi connectivity index (χ0n) is 14.6. The van der Waals surface area contributed by atoms with Gasteiger partial charge < -0.3 is 9.16 Å². The highest BCUT2D eigenvalue weighted by Crippen LogP contribution is 2.22. The molecule has 0 aliphatic carbocycles. The second-order valence-electron chi connectivity index (χ2n) is 7.12. The Labute approximate surface area is 140 Å². The van der Waals surface area contributed by atoms with E-state index in [0.29, 0.717) is 6.61 Å². The number of hydrogen-bond donors (Lipinski definition) is 0. The van der Waals surface area contributed by atoms with Crippen LogP contribution in [0.5, 0.6) is 0 Å². The van der Waals surface area contributed by atoms with Gasteiger partial charge in [-0.3, -0.25) is 4.90 Å². The van der Waals surface area contributed by atoms with Crippen LogP contribution in [0.1, 0.15) is 37.7 Å². The molecule has 128 valence electrons. The molecule has 2 rings (SSSR count). The second-order valence-corrected chi connectivity index (χ2v) is 11.6. The molecular weight excluding hydrogens is 306 g/mol. The van der Waals surface area contributed by atoms with Crippen molar-refractivity contribution in [3.05, 3.63) is 35.9 Å². The third kappa shape index (κ3) is 6.35. The maximum Gasteiger partial charge on any atom is 0.412 e. The Hall–Kier alpha value is -1.33. The van der Waals surface area contributed by atoms with Crippen molar-refractivity contribution < 1.29 is 14.0 Å². The molecule has 1 heterocycles. The summed E-state index contributed by atoms with van der Waals surface area (Å²) in [5.41, 5.74) is 1.01. The average Bonchev–Trinajstić information content (AvgIpc) is 2.48. The molecule has 5 heteroatoms. The first-order valence-electron chi connectivity index (χ1n) is 8.61. The first-order chi connectivity index (χ1) is 11.0. The van der Waals surface area contributed by atoms with Crippen molar-refractivity contribution in [1.29, 1.82) is 0 Å². The largest absolute Gasteiger partial charge is 0.444 e. The van der Waals surface area contributed by atoms with Crippen LogP contribution >= 0.6 is 0 Å². The minimum atomic E-state index is -1.71. The highest BCUT2D eigenvalue weighted by atomic mass is 28.4. The van der Waals surface area contributed by atoms with Crippen LogP contribution in [-0.4, -0.2) is 32.1 Å². The molecule has 1 aromatic rings. The van der Waals surface area contributed by atoms with Crippen molar-refractivity contribution in [3.8, 4) is 0 Å². The third-order valence-corrected chi connectivity index (χ3v) is 4.86. The molecule has 0 spiro atoms. The number of ether oxygens (including phenoxy) is 1. The second kappa shape index (κ2) is 8.50. The van der Waals surface area contributed by atoms with Crippen molar-refractivity contribution in [2.45, 2.75) is 64.6 Å². The molecule has 1 amide bonds. The van der Waals surface area contributed by atoms with Gasteiger partial charge in [0, 0.05) is 6.54 Å². The quantitative estimate of drug-likeness (QED) is 0.744. The molecule has 4 nitrogen and oxygen atoms in total. The Morgan fingerprint density at radius 2 is 1.83 bits per heavy atom. The fraction of sp³-hybridized carbons (Fsp3) is 0.611. The van der Waals surface area contributed by atoms with Crippen LogP contribution in [0.2, 0.25) is 19.6 Å².